The minimum atomic E-state index is -1.00. The Bertz CT molecular complexity index is 373. The molecule has 2 unspecified atom stereocenters. The number of amides is 2. The van der Waals surface area contributed by atoms with E-state index in [0.717, 1.165) is 6.42 Å². The highest BCUT2D eigenvalue weighted by Gasteiger charge is 2.34. The van der Waals surface area contributed by atoms with Crippen LogP contribution < -0.4 is 5.32 Å². The molecule has 0 radical (unpaired) electrons. The fraction of sp³-hybridized carbons (Fsp3) is 0.750. The summed E-state index contributed by atoms with van der Waals surface area (Å²) in [7, 11) is 2.66. The van der Waals surface area contributed by atoms with Crippen molar-refractivity contribution in [3.05, 3.63) is 0 Å². The van der Waals surface area contributed by atoms with Crippen LogP contribution in [0.4, 0.5) is 4.79 Å². The van der Waals surface area contributed by atoms with Crippen LogP contribution in [0.25, 0.3) is 0 Å². The maximum atomic E-state index is 12.0. The van der Waals surface area contributed by atoms with Crippen molar-refractivity contribution in [3.8, 4) is 0 Å². The number of likely N-dealkylation sites (tertiary alicyclic amines) is 1. The molecule has 0 aliphatic carbocycles. The number of hydrogen-bond donors (Lipinski definition) is 2. The number of carbonyl (C=O) groups is 3. The molecular weight excluding hydrogens is 268 g/mol. The van der Waals surface area contributed by atoms with Crippen LogP contribution >= 0.6 is 0 Å². The summed E-state index contributed by atoms with van der Waals surface area (Å²) in [6, 6.07) is -0.981. The van der Waals surface area contributed by atoms with E-state index < -0.39 is 30.1 Å². The summed E-state index contributed by atoms with van der Waals surface area (Å²) in [6.07, 6.45) is 0.506. The Morgan fingerprint density at radius 2 is 2.10 bits per heavy atom. The number of carboxylic acids is 1. The molecule has 0 bridgehead atoms. The summed E-state index contributed by atoms with van der Waals surface area (Å²) in [5.41, 5.74) is 0. The van der Waals surface area contributed by atoms with Gasteiger partial charge in [-0.15, -0.1) is 0 Å². The zero-order chi connectivity index (χ0) is 15.1. The van der Waals surface area contributed by atoms with Gasteiger partial charge in [0.25, 0.3) is 0 Å². The van der Waals surface area contributed by atoms with Crippen LogP contribution in [0.3, 0.4) is 0 Å². The van der Waals surface area contributed by atoms with E-state index in [1.807, 2.05) is 0 Å². The smallest absolute Gasteiger partial charge is 0.328 e. The molecular formula is C12H20N2O6. The molecule has 1 aliphatic rings. The lowest BCUT2D eigenvalue weighted by molar-refractivity contribution is -0.145. The molecule has 0 aromatic rings. The number of urea groups is 1. The molecule has 0 spiro atoms. The zero-order valence-corrected chi connectivity index (χ0v) is 11.6. The fourth-order valence-electron chi connectivity index (χ4n) is 2.13. The standard InChI is InChI=1S/C12H20N2O6/c1-19-8(6-10(15)16)7-13-12(18)14-5-3-4-9(14)11(17)20-2/h8-9H,3-7H2,1-2H3,(H,13,18)(H,15,16). The van der Waals surface area contributed by atoms with E-state index >= 15 is 0 Å². The Hall–Kier alpha value is -1.83. The van der Waals surface area contributed by atoms with Crippen molar-refractivity contribution in [1.29, 1.82) is 0 Å². The molecule has 8 heteroatoms. The molecule has 20 heavy (non-hydrogen) atoms. The van der Waals surface area contributed by atoms with Crippen molar-refractivity contribution in [3.63, 3.8) is 0 Å². The molecule has 1 aliphatic heterocycles. The fourth-order valence-corrected chi connectivity index (χ4v) is 2.13. The largest absolute Gasteiger partial charge is 0.481 e. The monoisotopic (exact) mass is 288 g/mol. The summed E-state index contributed by atoms with van der Waals surface area (Å²) < 4.78 is 9.61. The van der Waals surface area contributed by atoms with E-state index in [1.165, 1.54) is 19.1 Å². The third-order valence-electron chi connectivity index (χ3n) is 3.20. The Morgan fingerprint density at radius 3 is 2.65 bits per heavy atom. The van der Waals surface area contributed by atoms with Gasteiger partial charge >= 0.3 is 18.0 Å². The van der Waals surface area contributed by atoms with Gasteiger partial charge in [-0.3, -0.25) is 4.79 Å². The molecule has 1 saturated heterocycles. The number of methoxy groups -OCH3 is 2. The van der Waals surface area contributed by atoms with Gasteiger partial charge in [0.05, 0.1) is 19.6 Å². The highest BCUT2D eigenvalue weighted by Crippen LogP contribution is 2.18. The topological polar surface area (TPSA) is 105 Å². The number of carboxylic acid groups (broad SMARTS) is 1. The van der Waals surface area contributed by atoms with Gasteiger partial charge in [-0.05, 0) is 12.8 Å². The first kappa shape index (κ1) is 16.2. The lowest BCUT2D eigenvalue weighted by Gasteiger charge is -2.24. The summed E-state index contributed by atoms with van der Waals surface area (Å²) in [4.78, 5) is 35.5. The average molecular weight is 288 g/mol. The van der Waals surface area contributed by atoms with Gasteiger partial charge in [-0.1, -0.05) is 0 Å². The van der Waals surface area contributed by atoms with Gasteiger partial charge in [0, 0.05) is 20.2 Å². The Morgan fingerprint density at radius 1 is 1.40 bits per heavy atom. The highest BCUT2D eigenvalue weighted by molar-refractivity contribution is 5.84. The van der Waals surface area contributed by atoms with Gasteiger partial charge in [-0.2, -0.15) is 0 Å². The average Bonchev–Trinajstić information content (AvgIpc) is 2.91. The van der Waals surface area contributed by atoms with E-state index in [2.05, 4.69) is 10.1 Å². The summed E-state index contributed by atoms with van der Waals surface area (Å²) in [6.45, 7) is 0.550. The number of hydrogen-bond acceptors (Lipinski definition) is 5. The number of ether oxygens (including phenoxy) is 2. The van der Waals surface area contributed by atoms with Gasteiger partial charge < -0.3 is 24.8 Å². The van der Waals surface area contributed by atoms with Crippen LogP contribution in [0, 0.1) is 0 Å². The van der Waals surface area contributed by atoms with Crippen LogP contribution in [0.15, 0.2) is 0 Å². The SMILES string of the molecule is COC(=O)C1CCCN1C(=O)NCC(CC(=O)O)OC. The normalized spacial score (nSPS) is 19.5. The van der Waals surface area contributed by atoms with Gasteiger partial charge in [0.2, 0.25) is 0 Å². The van der Waals surface area contributed by atoms with Gasteiger partial charge in [0.15, 0.2) is 0 Å². The minimum Gasteiger partial charge on any atom is -0.481 e. The lowest BCUT2D eigenvalue weighted by atomic mass is 10.2. The molecule has 8 nitrogen and oxygen atoms in total. The first-order valence-electron chi connectivity index (χ1n) is 6.36. The molecule has 2 atom stereocenters. The van der Waals surface area contributed by atoms with Crippen molar-refractivity contribution >= 4 is 18.0 Å². The maximum Gasteiger partial charge on any atom is 0.328 e. The van der Waals surface area contributed by atoms with E-state index in [0.29, 0.717) is 13.0 Å². The third-order valence-corrected chi connectivity index (χ3v) is 3.20. The van der Waals surface area contributed by atoms with E-state index in [9.17, 15) is 14.4 Å². The van der Waals surface area contributed by atoms with Crippen LogP contribution in [0.5, 0.6) is 0 Å². The van der Waals surface area contributed by atoms with Crippen LogP contribution in [-0.4, -0.2) is 67.4 Å². The second-order valence-electron chi connectivity index (χ2n) is 4.52. The predicted octanol–water partition coefficient (Wildman–Crippen LogP) is -0.177. The molecule has 2 N–H and O–H groups in total. The van der Waals surface area contributed by atoms with Crippen molar-refractivity contribution in [2.24, 2.45) is 0 Å². The summed E-state index contributed by atoms with van der Waals surface area (Å²) >= 11 is 0. The third kappa shape index (κ3) is 4.37. The molecule has 0 aromatic heterocycles. The predicted molar refractivity (Wildman–Crippen MR) is 68.2 cm³/mol. The van der Waals surface area contributed by atoms with Crippen LogP contribution in [0.2, 0.25) is 0 Å². The molecule has 0 aromatic carbocycles. The molecule has 1 fully saturated rings. The Balaban J connectivity index is 2.49. The lowest BCUT2D eigenvalue weighted by Crippen LogP contribution is -2.48. The second kappa shape index (κ2) is 7.68. The first-order chi connectivity index (χ1) is 9.49. The van der Waals surface area contributed by atoms with Gasteiger partial charge in [0.1, 0.15) is 6.04 Å². The summed E-state index contributed by atoms with van der Waals surface area (Å²) in [5.74, 6) is -1.44. The molecule has 1 rings (SSSR count). The van der Waals surface area contributed by atoms with Crippen molar-refractivity contribution in [2.75, 3.05) is 27.3 Å². The van der Waals surface area contributed by atoms with E-state index in [1.54, 1.807) is 0 Å². The second-order valence-corrected chi connectivity index (χ2v) is 4.52. The number of nitrogens with zero attached hydrogens (tertiary/aromatic N) is 1. The number of esters is 1. The Kier molecular flexibility index (Phi) is 6.23. The van der Waals surface area contributed by atoms with Crippen molar-refractivity contribution in [1.82, 2.24) is 10.2 Å². The molecule has 0 saturated carbocycles. The molecule has 1 heterocycles. The number of aliphatic carboxylic acids is 1. The minimum absolute atomic E-state index is 0.0754. The van der Waals surface area contributed by atoms with E-state index in [4.69, 9.17) is 9.84 Å². The zero-order valence-electron chi connectivity index (χ0n) is 11.6. The van der Waals surface area contributed by atoms with Gasteiger partial charge in [-0.25, -0.2) is 9.59 Å². The number of rotatable bonds is 6. The van der Waals surface area contributed by atoms with Crippen molar-refractivity contribution < 1.29 is 29.0 Å². The number of carbonyl (C=O) groups excluding carboxylic acids is 2. The van der Waals surface area contributed by atoms with E-state index in [-0.39, 0.29) is 13.0 Å². The maximum absolute atomic E-state index is 12.0. The molecule has 114 valence electrons. The van der Waals surface area contributed by atoms with Crippen LogP contribution in [-0.2, 0) is 19.1 Å². The quantitative estimate of drug-likeness (QED) is 0.657. The molecule has 2 amide bonds. The van der Waals surface area contributed by atoms with Crippen LogP contribution in [0.1, 0.15) is 19.3 Å². The van der Waals surface area contributed by atoms with Crippen molar-refractivity contribution in [2.45, 2.75) is 31.4 Å². The highest BCUT2D eigenvalue weighted by atomic mass is 16.5. The Labute approximate surface area is 117 Å². The number of nitrogens with one attached hydrogen (secondary N) is 1. The summed E-state index contributed by atoms with van der Waals surface area (Å²) in [5, 5.41) is 11.3. The first-order valence-corrected chi connectivity index (χ1v) is 6.36.